The number of hydrogen-bond donors (Lipinski definition) is 2. The van der Waals surface area contributed by atoms with Crippen LogP contribution >= 0.6 is 0 Å². The van der Waals surface area contributed by atoms with Crippen molar-refractivity contribution < 1.29 is 17.9 Å². The molecular formula is C13H22N2O4S. The van der Waals surface area contributed by atoms with Crippen molar-refractivity contribution in [3.8, 4) is 0 Å². The van der Waals surface area contributed by atoms with Crippen LogP contribution in [0.1, 0.15) is 42.5 Å². The summed E-state index contributed by atoms with van der Waals surface area (Å²) in [6.45, 7) is 9.35. The van der Waals surface area contributed by atoms with Gasteiger partial charge < -0.3 is 9.72 Å². The Balaban J connectivity index is 3.17. The van der Waals surface area contributed by atoms with Crippen molar-refractivity contribution in [2.75, 3.05) is 13.2 Å². The zero-order chi connectivity index (χ0) is 15.5. The highest BCUT2D eigenvalue weighted by Gasteiger charge is 2.26. The number of rotatable bonds is 6. The van der Waals surface area contributed by atoms with Gasteiger partial charge in [-0.3, -0.25) is 0 Å². The molecule has 0 unspecified atom stereocenters. The lowest BCUT2D eigenvalue weighted by atomic mass is 10.2. The van der Waals surface area contributed by atoms with E-state index in [2.05, 4.69) is 9.71 Å². The number of aromatic amines is 1. The molecule has 0 aliphatic heterocycles. The lowest BCUT2D eigenvalue weighted by Gasteiger charge is -2.09. The molecule has 1 aromatic rings. The van der Waals surface area contributed by atoms with E-state index < -0.39 is 16.0 Å². The average molecular weight is 302 g/mol. The molecule has 6 nitrogen and oxygen atoms in total. The molecule has 0 amide bonds. The van der Waals surface area contributed by atoms with E-state index in [0.29, 0.717) is 17.8 Å². The second-order valence-corrected chi connectivity index (χ2v) is 6.75. The number of carbonyl (C=O) groups excluding carboxylic acids is 1. The summed E-state index contributed by atoms with van der Waals surface area (Å²) >= 11 is 0. The zero-order valence-electron chi connectivity index (χ0n) is 12.5. The van der Waals surface area contributed by atoms with Crippen LogP contribution in [0.15, 0.2) is 4.90 Å². The molecule has 0 aliphatic rings. The maximum atomic E-state index is 12.3. The van der Waals surface area contributed by atoms with E-state index in [4.69, 9.17) is 4.74 Å². The molecule has 0 fully saturated rings. The van der Waals surface area contributed by atoms with Crippen molar-refractivity contribution in [1.82, 2.24) is 9.71 Å². The van der Waals surface area contributed by atoms with E-state index in [9.17, 15) is 13.2 Å². The van der Waals surface area contributed by atoms with Crippen molar-refractivity contribution in [1.29, 1.82) is 0 Å². The van der Waals surface area contributed by atoms with Gasteiger partial charge in [-0.2, -0.15) is 0 Å². The Bertz CT molecular complexity index is 588. The van der Waals surface area contributed by atoms with Crippen molar-refractivity contribution in [3.63, 3.8) is 0 Å². The molecule has 114 valence electrons. The SMILES string of the molecule is CCOC(=O)c1[nH]c(C)c(S(=O)(=O)NCC(C)C)c1C. The summed E-state index contributed by atoms with van der Waals surface area (Å²) in [6.07, 6.45) is 0. The van der Waals surface area contributed by atoms with E-state index in [1.54, 1.807) is 20.8 Å². The third kappa shape index (κ3) is 3.61. The number of H-pyrrole nitrogens is 1. The monoisotopic (exact) mass is 302 g/mol. The lowest BCUT2D eigenvalue weighted by molar-refractivity contribution is 0.0519. The molecule has 2 N–H and O–H groups in total. The minimum Gasteiger partial charge on any atom is -0.461 e. The number of hydrogen-bond acceptors (Lipinski definition) is 4. The van der Waals surface area contributed by atoms with Gasteiger partial charge >= 0.3 is 5.97 Å². The largest absolute Gasteiger partial charge is 0.461 e. The van der Waals surface area contributed by atoms with E-state index in [1.807, 2.05) is 13.8 Å². The molecule has 0 saturated carbocycles. The first kappa shape index (κ1) is 16.7. The molecule has 0 saturated heterocycles. The van der Waals surface area contributed by atoms with Gasteiger partial charge in [0.15, 0.2) is 0 Å². The predicted molar refractivity (Wildman–Crippen MR) is 76.2 cm³/mol. The Morgan fingerprint density at radius 1 is 1.35 bits per heavy atom. The zero-order valence-corrected chi connectivity index (χ0v) is 13.3. The maximum Gasteiger partial charge on any atom is 0.355 e. The summed E-state index contributed by atoms with van der Waals surface area (Å²) < 4.78 is 32.0. The first-order valence-corrected chi connectivity index (χ1v) is 8.05. The normalized spacial score (nSPS) is 11.9. The Hall–Kier alpha value is -1.34. The first-order valence-electron chi connectivity index (χ1n) is 6.56. The van der Waals surface area contributed by atoms with Crippen LogP contribution in [0.25, 0.3) is 0 Å². The van der Waals surface area contributed by atoms with Gasteiger partial charge in [-0.15, -0.1) is 0 Å². The minimum atomic E-state index is -3.63. The van der Waals surface area contributed by atoms with Gasteiger partial charge in [-0.25, -0.2) is 17.9 Å². The first-order chi connectivity index (χ1) is 9.20. The van der Waals surface area contributed by atoms with Crippen LogP contribution in [0.4, 0.5) is 0 Å². The quantitative estimate of drug-likeness (QED) is 0.783. The van der Waals surface area contributed by atoms with Crippen LogP contribution in [-0.2, 0) is 14.8 Å². The van der Waals surface area contributed by atoms with Crippen LogP contribution < -0.4 is 4.72 Å². The number of carbonyl (C=O) groups is 1. The molecule has 1 heterocycles. The second kappa shape index (κ2) is 6.41. The molecule has 0 aromatic carbocycles. The fourth-order valence-corrected chi connectivity index (χ4v) is 3.55. The van der Waals surface area contributed by atoms with Gasteiger partial charge in [0, 0.05) is 17.8 Å². The third-order valence-electron chi connectivity index (χ3n) is 2.80. The van der Waals surface area contributed by atoms with Gasteiger partial charge in [0.05, 0.1) is 6.61 Å². The van der Waals surface area contributed by atoms with Gasteiger partial charge in [0.25, 0.3) is 0 Å². The fraction of sp³-hybridized carbons (Fsp3) is 0.615. The standard InChI is InChI=1S/C13H22N2O4S/c1-6-19-13(16)11-9(4)12(10(5)15-11)20(17,18)14-7-8(2)3/h8,14-15H,6-7H2,1-5H3. The fourth-order valence-electron chi connectivity index (χ4n) is 1.89. The molecule has 7 heteroatoms. The van der Waals surface area contributed by atoms with E-state index in [1.165, 1.54) is 0 Å². The second-order valence-electron chi connectivity index (χ2n) is 5.05. The molecule has 0 bridgehead atoms. The van der Waals surface area contributed by atoms with Crippen LogP contribution in [0.3, 0.4) is 0 Å². The molecule has 1 aromatic heterocycles. The van der Waals surface area contributed by atoms with Crippen molar-refractivity contribution >= 4 is 16.0 Å². The predicted octanol–water partition coefficient (Wildman–Crippen LogP) is 1.74. The van der Waals surface area contributed by atoms with Crippen LogP contribution in [0, 0.1) is 19.8 Å². The number of aryl methyl sites for hydroxylation is 1. The summed E-state index contributed by atoms with van der Waals surface area (Å²) in [5.41, 5.74) is 1.01. The molecule has 0 aliphatic carbocycles. The summed E-state index contributed by atoms with van der Waals surface area (Å²) in [4.78, 5) is 14.7. The van der Waals surface area contributed by atoms with Gasteiger partial charge in [0.2, 0.25) is 10.0 Å². The Morgan fingerprint density at radius 2 is 1.95 bits per heavy atom. The minimum absolute atomic E-state index is 0.126. The summed E-state index contributed by atoms with van der Waals surface area (Å²) in [5, 5.41) is 0. The molecule has 20 heavy (non-hydrogen) atoms. The van der Waals surface area contributed by atoms with Crippen LogP contribution in [-0.4, -0.2) is 32.5 Å². The number of ether oxygens (including phenoxy) is 1. The Morgan fingerprint density at radius 3 is 2.45 bits per heavy atom. The molecule has 0 atom stereocenters. The Kier molecular flexibility index (Phi) is 5.35. The third-order valence-corrected chi connectivity index (χ3v) is 4.50. The molecule has 0 radical (unpaired) electrons. The van der Waals surface area contributed by atoms with Crippen LogP contribution in [0.5, 0.6) is 0 Å². The molecule has 1 rings (SSSR count). The topological polar surface area (TPSA) is 88.3 Å². The maximum absolute atomic E-state index is 12.3. The highest BCUT2D eigenvalue weighted by atomic mass is 32.2. The number of aromatic nitrogens is 1. The lowest BCUT2D eigenvalue weighted by Crippen LogP contribution is -2.28. The average Bonchev–Trinajstić information content (AvgIpc) is 2.63. The smallest absolute Gasteiger partial charge is 0.355 e. The highest BCUT2D eigenvalue weighted by Crippen LogP contribution is 2.23. The number of sulfonamides is 1. The van der Waals surface area contributed by atoms with Crippen LogP contribution in [0.2, 0.25) is 0 Å². The van der Waals surface area contributed by atoms with Crippen molar-refractivity contribution in [2.45, 2.75) is 39.5 Å². The summed E-state index contributed by atoms with van der Waals surface area (Å²) in [7, 11) is -3.63. The molecular weight excluding hydrogens is 280 g/mol. The van der Waals surface area contributed by atoms with E-state index >= 15 is 0 Å². The Labute approximate surface area is 120 Å². The van der Waals surface area contributed by atoms with E-state index in [-0.39, 0.29) is 23.1 Å². The summed E-state index contributed by atoms with van der Waals surface area (Å²) in [6, 6.07) is 0. The van der Waals surface area contributed by atoms with Crippen molar-refractivity contribution in [3.05, 3.63) is 17.0 Å². The van der Waals surface area contributed by atoms with Crippen molar-refractivity contribution in [2.24, 2.45) is 5.92 Å². The van der Waals surface area contributed by atoms with Gasteiger partial charge in [-0.1, -0.05) is 13.8 Å². The number of nitrogens with one attached hydrogen (secondary N) is 2. The van der Waals surface area contributed by atoms with Gasteiger partial charge in [-0.05, 0) is 26.7 Å². The highest BCUT2D eigenvalue weighted by molar-refractivity contribution is 7.89. The van der Waals surface area contributed by atoms with Gasteiger partial charge in [0.1, 0.15) is 10.6 Å². The van der Waals surface area contributed by atoms with E-state index in [0.717, 1.165) is 0 Å². The number of esters is 1. The molecule has 0 spiro atoms. The summed E-state index contributed by atoms with van der Waals surface area (Å²) in [5.74, 6) is -0.340.